The number of rotatable bonds is 9. The van der Waals surface area contributed by atoms with E-state index in [4.69, 9.17) is 0 Å². The van der Waals surface area contributed by atoms with E-state index in [1.165, 1.54) is 44.5 Å². The third kappa shape index (κ3) is 8.74. The van der Waals surface area contributed by atoms with Gasteiger partial charge in [0.05, 0.1) is 0 Å². The number of anilines is 2. The maximum absolute atomic E-state index is 3.75. The van der Waals surface area contributed by atoms with E-state index >= 15 is 0 Å². The van der Waals surface area contributed by atoms with Gasteiger partial charge in [0, 0.05) is 24.5 Å². The van der Waals surface area contributed by atoms with Gasteiger partial charge in [0.15, 0.2) is 0 Å². The summed E-state index contributed by atoms with van der Waals surface area (Å²) < 4.78 is 0. The molecular formula is C26H40Br2N2Ni. The van der Waals surface area contributed by atoms with E-state index in [1.54, 1.807) is 0 Å². The number of benzene rings is 2. The first-order valence-corrected chi connectivity index (χ1v) is 16.1. The fraction of sp³-hybridized carbons (Fsp3) is 0.538. The number of hydrogen-bond donors (Lipinski definition) is 2. The van der Waals surface area contributed by atoms with Crippen LogP contribution >= 0.6 is 28.5 Å². The van der Waals surface area contributed by atoms with Crippen molar-refractivity contribution >= 4 is 39.8 Å². The van der Waals surface area contributed by atoms with Crippen molar-refractivity contribution in [3.05, 3.63) is 58.7 Å². The second kappa shape index (κ2) is 14.6. The quantitative estimate of drug-likeness (QED) is 0.222. The molecule has 2 N–H and O–H groups in total. The SMILES string of the molecule is CC(C)c1cccc(C(C)C)c1NCCNc1c(C(C)C)cccc1C(C)C.[Br][Ni][Br]. The van der Waals surface area contributed by atoms with Crippen LogP contribution in [0.25, 0.3) is 0 Å². The van der Waals surface area contributed by atoms with Crippen LogP contribution in [0, 0.1) is 0 Å². The topological polar surface area (TPSA) is 24.1 Å². The van der Waals surface area contributed by atoms with Gasteiger partial charge in [-0.15, -0.1) is 0 Å². The van der Waals surface area contributed by atoms with Crippen LogP contribution in [-0.4, -0.2) is 13.1 Å². The summed E-state index contributed by atoms with van der Waals surface area (Å²) in [5, 5.41) is 7.50. The van der Waals surface area contributed by atoms with E-state index in [0.29, 0.717) is 23.7 Å². The van der Waals surface area contributed by atoms with Gasteiger partial charge in [-0.1, -0.05) is 91.8 Å². The number of halogens is 2. The molecule has 178 valence electrons. The third-order valence-corrected chi connectivity index (χ3v) is 5.47. The Labute approximate surface area is 211 Å². The summed E-state index contributed by atoms with van der Waals surface area (Å²) >= 11 is 6.00. The van der Waals surface area contributed by atoms with E-state index < -0.39 is 0 Å². The van der Waals surface area contributed by atoms with Crippen molar-refractivity contribution in [3.8, 4) is 0 Å². The van der Waals surface area contributed by atoms with E-state index in [0.717, 1.165) is 13.1 Å². The van der Waals surface area contributed by atoms with Gasteiger partial charge in [0.2, 0.25) is 0 Å². The monoisotopic (exact) mass is 596 g/mol. The van der Waals surface area contributed by atoms with Crippen LogP contribution in [-0.2, 0) is 10.9 Å². The van der Waals surface area contributed by atoms with E-state index in [2.05, 4.69) is 131 Å². The standard InChI is InChI=1S/C26H40N2.2BrH.Ni/c1-17(2)21-11-9-12-22(18(3)4)25(21)27-15-16-28-26-23(19(5)6)13-10-14-24(26)20(7)8;;;/h9-14,17-20,27-28H,15-16H2,1-8H3;2*1H;/q;;;+2/p-2. The number of nitrogens with one attached hydrogen (secondary N) is 2. The summed E-state index contributed by atoms with van der Waals surface area (Å²) in [6.07, 6.45) is 0. The average molecular weight is 599 g/mol. The van der Waals surface area contributed by atoms with Crippen molar-refractivity contribution in [2.45, 2.75) is 79.1 Å². The molecule has 5 heteroatoms. The molecule has 0 atom stereocenters. The molecule has 0 amide bonds. The van der Waals surface area contributed by atoms with Gasteiger partial charge in [-0.05, 0) is 45.9 Å². The molecule has 2 aromatic carbocycles. The van der Waals surface area contributed by atoms with Crippen LogP contribution in [0.15, 0.2) is 36.4 Å². The van der Waals surface area contributed by atoms with Crippen molar-refractivity contribution in [2.75, 3.05) is 23.7 Å². The molecule has 0 spiro atoms. The molecule has 0 aliphatic heterocycles. The Kier molecular flexibility index (Phi) is 13.4. The number of para-hydroxylation sites is 2. The molecule has 2 aromatic rings. The zero-order valence-electron chi connectivity index (χ0n) is 20.3. The van der Waals surface area contributed by atoms with Crippen LogP contribution in [0.4, 0.5) is 11.4 Å². The van der Waals surface area contributed by atoms with Crippen molar-refractivity contribution in [3.63, 3.8) is 0 Å². The summed E-state index contributed by atoms with van der Waals surface area (Å²) in [6.45, 7) is 20.0. The molecule has 2 rings (SSSR count). The van der Waals surface area contributed by atoms with Crippen molar-refractivity contribution in [2.24, 2.45) is 0 Å². The molecule has 0 aliphatic rings. The summed E-state index contributed by atoms with van der Waals surface area (Å²) in [5.74, 6) is 2.07. The molecular weight excluding hydrogens is 559 g/mol. The zero-order chi connectivity index (χ0) is 23.6. The first-order valence-electron chi connectivity index (χ1n) is 11.2. The normalized spacial score (nSPS) is 11.3. The van der Waals surface area contributed by atoms with Crippen LogP contribution in [0.2, 0.25) is 0 Å². The van der Waals surface area contributed by atoms with Gasteiger partial charge in [-0.25, -0.2) is 0 Å². The molecule has 0 heterocycles. The van der Waals surface area contributed by atoms with Gasteiger partial charge < -0.3 is 10.6 Å². The van der Waals surface area contributed by atoms with Crippen LogP contribution in [0.3, 0.4) is 0 Å². The van der Waals surface area contributed by atoms with Crippen LogP contribution in [0.1, 0.15) is 101 Å². The second-order valence-electron chi connectivity index (χ2n) is 9.14. The third-order valence-electron chi connectivity index (χ3n) is 5.47. The summed E-state index contributed by atoms with van der Waals surface area (Å²) in [6, 6.07) is 13.4. The molecule has 2 nitrogen and oxygen atoms in total. The Morgan fingerprint density at radius 3 is 1.00 bits per heavy atom. The summed E-state index contributed by atoms with van der Waals surface area (Å²) in [7, 11) is 1.25. The van der Waals surface area contributed by atoms with Gasteiger partial charge in [0.25, 0.3) is 0 Å². The molecule has 0 saturated carbocycles. The second-order valence-corrected chi connectivity index (χ2v) is 14.1. The summed E-state index contributed by atoms with van der Waals surface area (Å²) in [4.78, 5) is 0. The minimum absolute atomic E-state index is 0.517. The molecule has 0 saturated heterocycles. The molecule has 31 heavy (non-hydrogen) atoms. The van der Waals surface area contributed by atoms with Gasteiger partial charge in [0.1, 0.15) is 0 Å². The fourth-order valence-corrected chi connectivity index (χ4v) is 3.89. The Bertz CT molecular complexity index is 671. The first-order chi connectivity index (χ1) is 14.6. The van der Waals surface area contributed by atoms with Crippen LogP contribution < -0.4 is 10.6 Å². The van der Waals surface area contributed by atoms with E-state index in [-0.39, 0.29) is 0 Å². The van der Waals surface area contributed by atoms with Crippen molar-refractivity contribution in [1.29, 1.82) is 0 Å². The Hall–Kier alpha value is -0.506. The Balaban J connectivity index is 0.00000151. The van der Waals surface area contributed by atoms with Crippen molar-refractivity contribution in [1.82, 2.24) is 0 Å². The van der Waals surface area contributed by atoms with Gasteiger partial charge in [-0.2, -0.15) is 0 Å². The van der Waals surface area contributed by atoms with Gasteiger partial charge in [-0.3, -0.25) is 0 Å². The molecule has 0 radical (unpaired) electrons. The molecule has 0 fully saturated rings. The molecule has 0 aliphatic carbocycles. The Morgan fingerprint density at radius 1 is 0.581 bits per heavy atom. The average Bonchev–Trinajstić information content (AvgIpc) is 2.71. The van der Waals surface area contributed by atoms with E-state index in [9.17, 15) is 0 Å². The maximum atomic E-state index is 3.75. The van der Waals surface area contributed by atoms with Gasteiger partial charge >= 0.3 is 39.3 Å². The first kappa shape index (κ1) is 28.5. The van der Waals surface area contributed by atoms with E-state index in [1.807, 2.05) is 0 Å². The number of hydrogen-bond acceptors (Lipinski definition) is 2. The van der Waals surface area contributed by atoms with Crippen LogP contribution in [0.5, 0.6) is 0 Å². The summed E-state index contributed by atoms with van der Waals surface area (Å²) in [5.41, 5.74) is 8.31. The predicted molar refractivity (Wildman–Crippen MR) is 144 cm³/mol. The molecule has 0 unspecified atom stereocenters. The minimum atomic E-state index is 0.517. The molecule has 0 aromatic heterocycles. The molecule has 0 bridgehead atoms. The fourth-order valence-electron chi connectivity index (χ4n) is 3.89. The van der Waals surface area contributed by atoms with Crippen molar-refractivity contribution < 1.29 is 10.9 Å². The zero-order valence-corrected chi connectivity index (χ0v) is 24.4. The Morgan fingerprint density at radius 2 is 0.806 bits per heavy atom. The predicted octanol–water partition coefficient (Wildman–Crippen LogP) is 9.39.